The van der Waals surface area contributed by atoms with E-state index in [2.05, 4.69) is 24.4 Å². The number of benzene rings is 1. The number of hydrogen-bond acceptors (Lipinski definition) is 3. The fraction of sp³-hybridized carbons (Fsp3) is 0.600. The van der Waals surface area contributed by atoms with Gasteiger partial charge in [-0.2, -0.15) is 0 Å². The molecule has 18 heavy (non-hydrogen) atoms. The number of nitrogens with one attached hydrogen (secondary N) is 1. The van der Waals surface area contributed by atoms with Crippen LogP contribution in [-0.2, 0) is 6.42 Å². The topological polar surface area (TPSA) is 30.5 Å². The Morgan fingerprint density at radius 2 is 1.78 bits per heavy atom. The van der Waals surface area contributed by atoms with Crippen LogP contribution in [0, 0.1) is 0 Å². The molecule has 0 aliphatic heterocycles. The lowest BCUT2D eigenvalue weighted by Crippen LogP contribution is -2.13. The van der Waals surface area contributed by atoms with Gasteiger partial charge in [0.1, 0.15) is 0 Å². The van der Waals surface area contributed by atoms with Crippen LogP contribution in [0.4, 0.5) is 0 Å². The van der Waals surface area contributed by atoms with Crippen molar-refractivity contribution < 1.29 is 9.47 Å². The minimum Gasteiger partial charge on any atom is -0.493 e. The summed E-state index contributed by atoms with van der Waals surface area (Å²) < 4.78 is 10.5. The Labute approximate surface area is 110 Å². The van der Waals surface area contributed by atoms with E-state index in [1.807, 2.05) is 6.07 Å². The molecule has 0 fully saturated rings. The fourth-order valence-electron chi connectivity index (χ4n) is 1.97. The van der Waals surface area contributed by atoms with Gasteiger partial charge in [0.2, 0.25) is 0 Å². The van der Waals surface area contributed by atoms with E-state index >= 15 is 0 Å². The predicted octanol–water partition coefficient (Wildman–Crippen LogP) is 3.03. The van der Waals surface area contributed by atoms with Crippen LogP contribution in [0.5, 0.6) is 11.5 Å². The molecule has 0 spiro atoms. The Balaban J connectivity index is 2.34. The van der Waals surface area contributed by atoms with Crippen molar-refractivity contribution in [1.29, 1.82) is 0 Å². The largest absolute Gasteiger partial charge is 0.493 e. The first-order chi connectivity index (χ1) is 8.81. The second-order valence-electron chi connectivity index (χ2n) is 4.35. The van der Waals surface area contributed by atoms with Gasteiger partial charge >= 0.3 is 0 Å². The lowest BCUT2D eigenvalue weighted by Gasteiger charge is -2.09. The molecule has 1 aromatic rings. The molecular formula is C15H25NO2. The Morgan fingerprint density at radius 3 is 2.44 bits per heavy atom. The van der Waals surface area contributed by atoms with Crippen molar-refractivity contribution in [2.75, 3.05) is 27.3 Å². The monoisotopic (exact) mass is 251 g/mol. The molecule has 1 aromatic carbocycles. The van der Waals surface area contributed by atoms with Crippen molar-refractivity contribution in [2.45, 2.75) is 32.6 Å². The van der Waals surface area contributed by atoms with Crippen molar-refractivity contribution in [3.8, 4) is 11.5 Å². The zero-order chi connectivity index (χ0) is 13.2. The van der Waals surface area contributed by atoms with E-state index in [4.69, 9.17) is 9.47 Å². The number of rotatable bonds is 9. The Hall–Kier alpha value is -1.22. The molecule has 0 saturated carbocycles. The van der Waals surface area contributed by atoms with E-state index < -0.39 is 0 Å². The average molecular weight is 251 g/mol. The smallest absolute Gasteiger partial charge is 0.160 e. The molecule has 0 heterocycles. The van der Waals surface area contributed by atoms with Gasteiger partial charge in [-0.05, 0) is 50.0 Å². The standard InChI is InChI=1S/C15H25NO2/c1-4-16-11-7-5-6-8-13-9-10-14(17-2)15(12-13)18-3/h9-10,12,16H,4-8,11H2,1-3H3. The van der Waals surface area contributed by atoms with Gasteiger partial charge in [-0.1, -0.05) is 19.4 Å². The maximum Gasteiger partial charge on any atom is 0.160 e. The third-order valence-electron chi connectivity index (χ3n) is 3.02. The maximum absolute atomic E-state index is 5.30. The molecular weight excluding hydrogens is 226 g/mol. The van der Waals surface area contributed by atoms with Crippen LogP contribution >= 0.6 is 0 Å². The Morgan fingerprint density at radius 1 is 1.00 bits per heavy atom. The summed E-state index contributed by atoms with van der Waals surface area (Å²) in [6, 6.07) is 6.17. The van der Waals surface area contributed by atoms with Gasteiger partial charge < -0.3 is 14.8 Å². The van der Waals surface area contributed by atoms with E-state index in [0.29, 0.717) is 0 Å². The number of methoxy groups -OCH3 is 2. The number of ether oxygens (including phenoxy) is 2. The van der Waals surface area contributed by atoms with Gasteiger partial charge in [0.25, 0.3) is 0 Å². The summed E-state index contributed by atoms with van der Waals surface area (Å²) in [7, 11) is 3.34. The van der Waals surface area contributed by atoms with Crippen LogP contribution < -0.4 is 14.8 Å². The van der Waals surface area contributed by atoms with Crippen LogP contribution in [0.15, 0.2) is 18.2 Å². The molecule has 0 bridgehead atoms. The van der Waals surface area contributed by atoms with Gasteiger partial charge in [0.05, 0.1) is 14.2 Å². The molecule has 3 heteroatoms. The zero-order valence-electron chi connectivity index (χ0n) is 11.8. The quantitative estimate of drug-likeness (QED) is 0.684. The third-order valence-corrected chi connectivity index (χ3v) is 3.02. The van der Waals surface area contributed by atoms with Crippen molar-refractivity contribution in [3.63, 3.8) is 0 Å². The first kappa shape index (κ1) is 14.8. The first-order valence-electron chi connectivity index (χ1n) is 6.73. The normalized spacial score (nSPS) is 10.4. The van der Waals surface area contributed by atoms with E-state index in [0.717, 1.165) is 31.0 Å². The predicted molar refractivity (Wildman–Crippen MR) is 75.6 cm³/mol. The molecule has 0 aliphatic carbocycles. The minimum atomic E-state index is 0.799. The van der Waals surface area contributed by atoms with E-state index in [1.165, 1.54) is 24.8 Å². The van der Waals surface area contributed by atoms with Crippen molar-refractivity contribution in [1.82, 2.24) is 5.32 Å². The highest BCUT2D eigenvalue weighted by Crippen LogP contribution is 2.28. The SMILES string of the molecule is CCNCCCCCc1ccc(OC)c(OC)c1. The minimum absolute atomic E-state index is 0.799. The van der Waals surface area contributed by atoms with Crippen molar-refractivity contribution in [3.05, 3.63) is 23.8 Å². The van der Waals surface area contributed by atoms with Crippen molar-refractivity contribution >= 4 is 0 Å². The summed E-state index contributed by atoms with van der Waals surface area (Å²) in [6.07, 6.45) is 4.84. The summed E-state index contributed by atoms with van der Waals surface area (Å²) in [4.78, 5) is 0. The van der Waals surface area contributed by atoms with Crippen LogP contribution in [0.1, 0.15) is 31.7 Å². The number of unbranched alkanes of at least 4 members (excludes halogenated alkanes) is 2. The zero-order valence-corrected chi connectivity index (χ0v) is 11.8. The van der Waals surface area contributed by atoms with Crippen LogP contribution in [0.3, 0.4) is 0 Å². The molecule has 3 nitrogen and oxygen atoms in total. The summed E-state index contributed by atoms with van der Waals surface area (Å²) >= 11 is 0. The van der Waals surface area contributed by atoms with Crippen LogP contribution in [0.25, 0.3) is 0 Å². The van der Waals surface area contributed by atoms with Gasteiger partial charge in [-0.15, -0.1) is 0 Å². The van der Waals surface area contributed by atoms with E-state index in [-0.39, 0.29) is 0 Å². The molecule has 1 N–H and O–H groups in total. The Kier molecular flexibility index (Phi) is 7.26. The summed E-state index contributed by atoms with van der Waals surface area (Å²) in [5.74, 6) is 1.62. The number of aryl methyl sites for hydroxylation is 1. The first-order valence-corrected chi connectivity index (χ1v) is 6.73. The summed E-state index contributed by atoms with van der Waals surface area (Å²) in [5.41, 5.74) is 1.32. The molecule has 0 saturated heterocycles. The van der Waals surface area contributed by atoms with Crippen LogP contribution in [0.2, 0.25) is 0 Å². The maximum atomic E-state index is 5.30. The van der Waals surface area contributed by atoms with E-state index in [1.54, 1.807) is 14.2 Å². The lowest BCUT2D eigenvalue weighted by atomic mass is 10.1. The molecule has 0 radical (unpaired) electrons. The third kappa shape index (κ3) is 4.96. The molecule has 0 aliphatic rings. The fourth-order valence-corrected chi connectivity index (χ4v) is 1.97. The Bertz CT molecular complexity index is 339. The molecule has 0 amide bonds. The molecule has 102 valence electrons. The lowest BCUT2D eigenvalue weighted by molar-refractivity contribution is 0.354. The van der Waals surface area contributed by atoms with Crippen molar-refractivity contribution in [2.24, 2.45) is 0 Å². The molecule has 0 aromatic heterocycles. The summed E-state index contributed by atoms with van der Waals surface area (Å²) in [6.45, 7) is 4.34. The highest BCUT2D eigenvalue weighted by Gasteiger charge is 2.04. The molecule has 1 rings (SSSR count). The highest BCUT2D eigenvalue weighted by molar-refractivity contribution is 5.42. The molecule has 0 atom stereocenters. The molecule has 0 unspecified atom stereocenters. The van der Waals surface area contributed by atoms with Crippen LogP contribution in [-0.4, -0.2) is 27.3 Å². The second-order valence-corrected chi connectivity index (χ2v) is 4.35. The second kappa shape index (κ2) is 8.81. The average Bonchev–Trinajstić information content (AvgIpc) is 2.42. The summed E-state index contributed by atoms with van der Waals surface area (Å²) in [5, 5.41) is 3.34. The van der Waals surface area contributed by atoms with Gasteiger partial charge in [-0.3, -0.25) is 0 Å². The number of hydrogen-bond donors (Lipinski definition) is 1. The van der Waals surface area contributed by atoms with E-state index in [9.17, 15) is 0 Å². The highest BCUT2D eigenvalue weighted by atomic mass is 16.5. The van der Waals surface area contributed by atoms with Gasteiger partial charge in [0, 0.05) is 0 Å². The van der Waals surface area contributed by atoms with Gasteiger partial charge in [0.15, 0.2) is 11.5 Å². The van der Waals surface area contributed by atoms with Gasteiger partial charge in [-0.25, -0.2) is 0 Å².